The molecule has 0 spiro atoms. The highest BCUT2D eigenvalue weighted by atomic mass is 16.5. The molecule has 0 atom stereocenters. The molecule has 2 amide bonds. The molecule has 9 heteroatoms. The zero-order chi connectivity index (χ0) is 31.8. The Labute approximate surface area is 258 Å². The Morgan fingerprint density at radius 1 is 0.556 bits per heavy atom. The van der Waals surface area contributed by atoms with E-state index >= 15 is 0 Å². The molecular weight excluding hydrogens is 572 g/mol. The van der Waals surface area contributed by atoms with E-state index in [2.05, 4.69) is 10.6 Å². The van der Waals surface area contributed by atoms with Gasteiger partial charge >= 0.3 is 18.0 Å². The van der Waals surface area contributed by atoms with E-state index in [9.17, 15) is 29.4 Å². The van der Waals surface area contributed by atoms with E-state index in [-0.39, 0.29) is 35.5 Å². The van der Waals surface area contributed by atoms with Gasteiger partial charge in [0.25, 0.3) is 5.91 Å². The number of carbonyl (C=O) groups is 4. The van der Waals surface area contributed by atoms with Crippen LogP contribution in [0.5, 0.6) is 0 Å². The second-order valence-corrected chi connectivity index (χ2v) is 10.1. The molecule has 224 valence electrons. The molecule has 0 saturated carbocycles. The van der Waals surface area contributed by atoms with Gasteiger partial charge in [0.15, 0.2) is 0 Å². The number of rotatable bonds is 10. The molecule has 5 rings (SSSR count). The predicted octanol–water partition coefficient (Wildman–Crippen LogP) is 7.34. The van der Waals surface area contributed by atoms with E-state index in [4.69, 9.17) is 4.74 Å². The van der Waals surface area contributed by atoms with Crippen LogP contribution >= 0.6 is 0 Å². The second kappa shape index (κ2) is 13.8. The van der Waals surface area contributed by atoms with Crippen LogP contribution in [0, 0.1) is 0 Å². The molecule has 0 aliphatic heterocycles. The summed E-state index contributed by atoms with van der Waals surface area (Å²) in [6.45, 7) is 0.0239. The zero-order valence-electron chi connectivity index (χ0n) is 23.9. The van der Waals surface area contributed by atoms with Crippen molar-refractivity contribution in [3.8, 4) is 11.1 Å². The average molecular weight is 601 g/mol. The van der Waals surface area contributed by atoms with E-state index < -0.39 is 23.9 Å². The third-order valence-corrected chi connectivity index (χ3v) is 6.99. The van der Waals surface area contributed by atoms with Gasteiger partial charge in [0.1, 0.15) is 6.61 Å². The van der Waals surface area contributed by atoms with E-state index in [1.807, 2.05) is 60.7 Å². The number of hydrogen-bond acceptors (Lipinski definition) is 5. The molecule has 5 aromatic rings. The second-order valence-electron chi connectivity index (χ2n) is 10.1. The normalized spacial score (nSPS) is 10.5. The summed E-state index contributed by atoms with van der Waals surface area (Å²) >= 11 is 0. The van der Waals surface area contributed by atoms with Crippen LogP contribution in [0.2, 0.25) is 0 Å². The van der Waals surface area contributed by atoms with Crippen molar-refractivity contribution >= 4 is 35.3 Å². The largest absolute Gasteiger partial charge is 0.478 e. The highest BCUT2D eigenvalue weighted by molar-refractivity contribution is 6.08. The Morgan fingerprint density at radius 2 is 1.07 bits per heavy atom. The Hall–Kier alpha value is -6.22. The first-order valence-corrected chi connectivity index (χ1v) is 13.9. The summed E-state index contributed by atoms with van der Waals surface area (Å²) in [6.07, 6.45) is -0.598. The molecule has 45 heavy (non-hydrogen) atoms. The number of nitrogens with one attached hydrogen (secondary N) is 2. The summed E-state index contributed by atoms with van der Waals surface area (Å²) in [5.74, 6) is -2.94. The summed E-state index contributed by atoms with van der Waals surface area (Å²) in [5.41, 5.74) is 4.19. The molecule has 0 fully saturated rings. The van der Waals surface area contributed by atoms with Gasteiger partial charge in [0, 0.05) is 5.56 Å². The molecule has 0 heterocycles. The minimum atomic E-state index is -1.25. The number of ether oxygens (including phenoxy) is 1. The van der Waals surface area contributed by atoms with Gasteiger partial charge in [0.2, 0.25) is 0 Å². The van der Waals surface area contributed by atoms with Crippen LogP contribution in [0.15, 0.2) is 121 Å². The van der Waals surface area contributed by atoms with Crippen LogP contribution in [0.1, 0.15) is 47.8 Å². The lowest BCUT2D eigenvalue weighted by Crippen LogP contribution is -2.16. The quantitative estimate of drug-likeness (QED) is 0.131. The van der Waals surface area contributed by atoms with Crippen molar-refractivity contribution < 1.29 is 34.1 Å². The van der Waals surface area contributed by atoms with E-state index in [0.29, 0.717) is 16.7 Å². The Kier molecular flexibility index (Phi) is 9.30. The number of aromatic carboxylic acids is 2. The molecule has 0 aliphatic rings. The Balaban J connectivity index is 1.27. The summed E-state index contributed by atoms with van der Waals surface area (Å²) in [7, 11) is 0. The Morgan fingerprint density at radius 3 is 1.62 bits per heavy atom. The molecule has 4 N–H and O–H groups in total. The van der Waals surface area contributed by atoms with Crippen molar-refractivity contribution in [1.29, 1.82) is 0 Å². The number of carboxylic acids is 2. The highest BCUT2D eigenvalue weighted by Crippen LogP contribution is 2.25. The minimum absolute atomic E-state index is 0.0239. The maximum absolute atomic E-state index is 12.9. The van der Waals surface area contributed by atoms with Gasteiger partial charge in [-0.2, -0.15) is 0 Å². The number of benzene rings is 5. The molecule has 0 unspecified atom stereocenters. The fourth-order valence-corrected chi connectivity index (χ4v) is 4.72. The number of hydrogen-bond donors (Lipinski definition) is 4. The first-order chi connectivity index (χ1) is 21.8. The molecule has 0 bridgehead atoms. The predicted molar refractivity (Wildman–Crippen MR) is 170 cm³/mol. The van der Waals surface area contributed by atoms with E-state index in [1.165, 1.54) is 24.3 Å². The van der Waals surface area contributed by atoms with Gasteiger partial charge in [-0.15, -0.1) is 0 Å². The number of carboxylic acid groups (broad SMARTS) is 2. The SMILES string of the molecule is O=C(Nc1ccc(Cc2ccc(NC(=O)c3ccc(-c4ccccc4)cc3)c(C(=O)O)c2)cc1C(=O)O)OCc1ccccc1. The number of anilines is 2. The summed E-state index contributed by atoms with van der Waals surface area (Å²) < 4.78 is 5.19. The molecule has 5 aromatic carbocycles. The minimum Gasteiger partial charge on any atom is -0.478 e. The standard InChI is InChI=1S/C36H28N2O7/c39-33(28-15-13-27(14-16-28)26-9-5-2-6-10-26)37-31-17-11-24(20-29(31)34(40)41)19-25-12-18-32(30(21-25)35(42)43)38-36(44)45-22-23-7-3-1-4-8-23/h1-18,20-21H,19,22H2,(H,37,39)(H,38,44)(H,40,41)(H,42,43). The van der Waals surface area contributed by atoms with Crippen molar-refractivity contribution in [3.63, 3.8) is 0 Å². The molecule has 0 aliphatic carbocycles. The lowest BCUT2D eigenvalue weighted by atomic mass is 9.99. The monoisotopic (exact) mass is 600 g/mol. The van der Waals surface area contributed by atoms with Crippen LogP contribution < -0.4 is 10.6 Å². The lowest BCUT2D eigenvalue weighted by Gasteiger charge is -2.13. The van der Waals surface area contributed by atoms with Crippen LogP contribution in [0.3, 0.4) is 0 Å². The highest BCUT2D eigenvalue weighted by Gasteiger charge is 2.17. The third-order valence-electron chi connectivity index (χ3n) is 6.99. The van der Waals surface area contributed by atoms with Gasteiger partial charge in [-0.05, 0) is 70.6 Å². The summed E-state index contributed by atoms with van der Waals surface area (Å²) in [4.78, 5) is 49.3. The topological polar surface area (TPSA) is 142 Å². The van der Waals surface area contributed by atoms with Crippen LogP contribution in [-0.2, 0) is 17.8 Å². The first-order valence-electron chi connectivity index (χ1n) is 13.9. The van der Waals surface area contributed by atoms with Crippen molar-refractivity contribution in [1.82, 2.24) is 0 Å². The van der Waals surface area contributed by atoms with Gasteiger partial charge < -0.3 is 20.3 Å². The smallest absolute Gasteiger partial charge is 0.411 e. The van der Waals surface area contributed by atoms with Crippen LogP contribution in [0.25, 0.3) is 11.1 Å². The zero-order valence-corrected chi connectivity index (χ0v) is 23.9. The van der Waals surface area contributed by atoms with Crippen molar-refractivity contribution in [2.24, 2.45) is 0 Å². The van der Waals surface area contributed by atoms with Gasteiger partial charge in [-0.1, -0.05) is 84.9 Å². The average Bonchev–Trinajstić information content (AvgIpc) is 3.06. The molecule has 0 aromatic heterocycles. The fraction of sp³-hybridized carbons (Fsp3) is 0.0556. The van der Waals surface area contributed by atoms with Gasteiger partial charge in [-0.3, -0.25) is 10.1 Å². The maximum Gasteiger partial charge on any atom is 0.411 e. The first kappa shape index (κ1) is 30.2. The van der Waals surface area contributed by atoms with Gasteiger partial charge in [-0.25, -0.2) is 14.4 Å². The van der Waals surface area contributed by atoms with Crippen molar-refractivity contribution in [2.45, 2.75) is 13.0 Å². The van der Waals surface area contributed by atoms with Crippen LogP contribution in [-0.4, -0.2) is 34.2 Å². The third kappa shape index (κ3) is 7.79. The van der Waals surface area contributed by atoms with Crippen molar-refractivity contribution in [2.75, 3.05) is 10.6 Å². The lowest BCUT2D eigenvalue weighted by molar-refractivity contribution is 0.0687. The fourth-order valence-electron chi connectivity index (χ4n) is 4.72. The number of amides is 2. The number of carbonyl (C=O) groups excluding carboxylic acids is 2. The van der Waals surface area contributed by atoms with E-state index in [0.717, 1.165) is 16.7 Å². The maximum atomic E-state index is 12.9. The van der Waals surface area contributed by atoms with Crippen molar-refractivity contribution in [3.05, 3.63) is 155 Å². The molecule has 9 nitrogen and oxygen atoms in total. The van der Waals surface area contributed by atoms with Crippen LogP contribution in [0.4, 0.5) is 16.2 Å². The molecule has 0 saturated heterocycles. The summed E-state index contributed by atoms with van der Waals surface area (Å²) in [6, 6.07) is 34.9. The summed E-state index contributed by atoms with van der Waals surface area (Å²) in [5, 5.41) is 24.8. The Bertz CT molecular complexity index is 1850. The molecule has 0 radical (unpaired) electrons. The van der Waals surface area contributed by atoms with E-state index in [1.54, 1.807) is 36.4 Å². The van der Waals surface area contributed by atoms with Gasteiger partial charge in [0.05, 0.1) is 22.5 Å². The molecular formula is C36H28N2O7.